The van der Waals surface area contributed by atoms with Crippen molar-refractivity contribution in [2.45, 2.75) is 13.5 Å². The molecule has 12 heavy (non-hydrogen) atoms. The lowest BCUT2D eigenvalue weighted by Gasteiger charge is -2.02. The number of hydrogen-bond donors (Lipinski definition) is 2. The molecule has 0 spiro atoms. The number of hydrogen-bond acceptors (Lipinski definition) is 3. The van der Waals surface area contributed by atoms with E-state index in [2.05, 4.69) is 10.3 Å². The molecular weight excluding hydrogens is 156 g/mol. The van der Waals surface area contributed by atoms with Gasteiger partial charge in [0.15, 0.2) is 11.5 Å². The number of carbonyl (C=O) groups is 1. The number of amides is 1. The molecule has 1 aromatic rings. The summed E-state index contributed by atoms with van der Waals surface area (Å²) < 4.78 is 1.70. The summed E-state index contributed by atoms with van der Waals surface area (Å²) in [7, 11) is 1.70. The van der Waals surface area contributed by atoms with Crippen molar-refractivity contribution < 1.29 is 4.79 Å². The fourth-order valence-corrected chi connectivity index (χ4v) is 1.06. The standard InChI is InChI=1S/C7H12N4O/c1-3-11-4-10-7(9-2)5(11)6(8)12/h4,9H,3H2,1-2H3,(H2,8,12). The Morgan fingerprint density at radius 3 is 2.92 bits per heavy atom. The molecule has 0 saturated heterocycles. The predicted molar refractivity (Wildman–Crippen MR) is 46.0 cm³/mol. The third-order valence-corrected chi connectivity index (χ3v) is 1.65. The molecule has 5 nitrogen and oxygen atoms in total. The smallest absolute Gasteiger partial charge is 0.269 e. The van der Waals surface area contributed by atoms with Gasteiger partial charge in [-0.2, -0.15) is 0 Å². The third kappa shape index (κ3) is 1.25. The lowest BCUT2D eigenvalue weighted by molar-refractivity contribution is 0.0992. The Labute approximate surface area is 70.6 Å². The van der Waals surface area contributed by atoms with Crippen molar-refractivity contribution in [3.8, 4) is 0 Å². The van der Waals surface area contributed by atoms with Crippen LogP contribution in [0.25, 0.3) is 0 Å². The summed E-state index contributed by atoms with van der Waals surface area (Å²) in [5, 5.41) is 2.80. The van der Waals surface area contributed by atoms with Crippen LogP contribution in [0.1, 0.15) is 17.4 Å². The molecule has 0 bridgehead atoms. The van der Waals surface area contributed by atoms with E-state index in [0.29, 0.717) is 18.1 Å². The van der Waals surface area contributed by atoms with Crippen molar-refractivity contribution in [1.29, 1.82) is 0 Å². The first-order valence-corrected chi connectivity index (χ1v) is 3.73. The normalized spacial score (nSPS) is 9.83. The number of imidazole rings is 1. The van der Waals surface area contributed by atoms with E-state index in [4.69, 9.17) is 5.73 Å². The van der Waals surface area contributed by atoms with Gasteiger partial charge in [0.05, 0.1) is 6.33 Å². The van der Waals surface area contributed by atoms with E-state index in [0.717, 1.165) is 0 Å². The molecule has 0 aliphatic rings. The Morgan fingerprint density at radius 1 is 1.83 bits per heavy atom. The monoisotopic (exact) mass is 168 g/mol. The second-order valence-electron chi connectivity index (χ2n) is 2.34. The van der Waals surface area contributed by atoms with E-state index in [-0.39, 0.29) is 0 Å². The van der Waals surface area contributed by atoms with Crippen LogP contribution in [-0.4, -0.2) is 22.5 Å². The molecule has 0 fully saturated rings. The first-order chi connectivity index (χ1) is 5.70. The van der Waals surface area contributed by atoms with Crippen LogP contribution in [-0.2, 0) is 6.54 Å². The van der Waals surface area contributed by atoms with Gasteiger partial charge in [-0.3, -0.25) is 4.79 Å². The quantitative estimate of drug-likeness (QED) is 0.669. The van der Waals surface area contributed by atoms with Crippen LogP contribution in [0.4, 0.5) is 5.82 Å². The van der Waals surface area contributed by atoms with Gasteiger partial charge in [0.1, 0.15) is 0 Å². The minimum absolute atomic E-state index is 0.431. The summed E-state index contributed by atoms with van der Waals surface area (Å²) in [4.78, 5) is 14.9. The van der Waals surface area contributed by atoms with E-state index in [1.807, 2.05) is 6.92 Å². The average molecular weight is 168 g/mol. The van der Waals surface area contributed by atoms with Gasteiger partial charge in [0, 0.05) is 13.6 Å². The molecular formula is C7H12N4O. The predicted octanol–water partition coefficient (Wildman–Crippen LogP) is 0.0436. The third-order valence-electron chi connectivity index (χ3n) is 1.65. The molecule has 1 heterocycles. The number of aryl methyl sites for hydroxylation is 1. The Bertz CT molecular complexity index is 270. The van der Waals surface area contributed by atoms with Crippen molar-refractivity contribution in [3.05, 3.63) is 12.0 Å². The minimum atomic E-state index is -0.460. The van der Waals surface area contributed by atoms with Gasteiger partial charge in [0.25, 0.3) is 5.91 Å². The summed E-state index contributed by atoms with van der Waals surface area (Å²) in [5.41, 5.74) is 5.60. The molecule has 1 amide bonds. The molecule has 0 radical (unpaired) electrons. The van der Waals surface area contributed by atoms with Gasteiger partial charge in [0.2, 0.25) is 0 Å². The zero-order valence-corrected chi connectivity index (χ0v) is 7.16. The number of aromatic nitrogens is 2. The molecule has 0 unspecified atom stereocenters. The van der Waals surface area contributed by atoms with Crippen molar-refractivity contribution >= 4 is 11.7 Å². The first kappa shape index (κ1) is 8.58. The van der Waals surface area contributed by atoms with E-state index >= 15 is 0 Å². The number of primary amides is 1. The Kier molecular flexibility index (Phi) is 2.32. The van der Waals surface area contributed by atoms with E-state index < -0.39 is 5.91 Å². The number of rotatable bonds is 3. The zero-order valence-electron chi connectivity index (χ0n) is 7.16. The van der Waals surface area contributed by atoms with Crippen molar-refractivity contribution in [1.82, 2.24) is 9.55 Å². The Morgan fingerprint density at radius 2 is 2.50 bits per heavy atom. The zero-order chi connectivity index (χ0) is 9.14. The van der Waals surface area contributed by atoms with Gasteiger partial charge in [-0.1, -0.05) is 0 Å². The Hall–Kier alpha value is -1.52. The highest BCUT2D eigenvalue weighted by molar-refractivity contribution is 5.95. The second-order valence-corrected chi connectivity index (χ2v) is 2.34. The lowest BCUT2D eigenvalue weighted by atomic mass is 10.4. The highest BCUT2D eigenvalue weighted by Crippen LogP contribution is 2.11. The molecule has 0 saturated carbocycles. The summed E-state index contributed by atoms with van der Waals surface area (Å²) in [6.07, 6.45) is 1.59. The average Bonchev–Trinajstić information content (AvgIpc) is 2.46. The maximum Gasteiger partial charge on any atom is 0.269 e. The fourth-order valence-electron chi connectivity index (χ4n) is 1.06. The minimum Gasteiger partial charge on any atom is -0.371 e. The number of carbonyl (C=O) groups excluding carboxylic acids is 1. The lowest BCUT2D eigenvalue weighted by Crippen LogP contribution is -2.17. The first-order valence-electron chi connectivity index (χ1n) is 3.73. The van der Waals surface area contributed by atoms with Gasteiger partial charge in [-0.15, -0.1) is 0 Å². The van der Waals surface area contributed by atoms with E-state index in [1.54, 1.807) is 17.9 Å². The van der Waals surface area contributed by atoms with Gasteiger partial charge >= 0.3 is 0 Å². The number of nitrogens with zero attached hydrogens (tertiary/aromatic N) is 2. The van der Waals surface area contributed by atoms with E-state index in [1.165, 1.54) is 0 Å². The SMILES string of the molecule is CCn1cnc(NC)c1C(N)=O. The van der Waals surface area contributed by atoms with Crippen LogP contribution in [0.2, 0.25) is 0 Å². The molecule has 0 atom stereocenters. The van der Waals surface area contributed by atoms with Gasteiger partial charge < -0.3 is 15.6 Å². The summed E-state index contributed by atoms with van der Waals surface area (Å²) in [6, 6.07) is 0. The Balaban J connectivity index is 3.16. The highest BCUT2D eigenvalue weighted by Gasteiger charge is 2.13. The molecule has 3 N–H and O–H groups in total. The molecule has 66 valence electrons. The fraction of sp³-hybridized carbons (Fsp3) is 0.429. The number of anilines is 1. The van der Waals surface area contributed by atoms with Crippen LogP contribution in [0.3, 0.4) is 0 Å². The van der Waals surface area contributed by atoms with Gasteiger partial charge in [-0.25, -0.2) is 4.98 Å². The summed E-state index contributed by atoms with van der Waals surface area (Å²) >= 11 is 0. The topological polar surface area (TPSA) is 72.9 Å². The maximum atomic E-state index is 10.9. The molecule has 1 rings (SSSR count). The molecule has 0 aliphatic carbocycles. The van der Waals surface area contributed by atoms with Crippen molar-refractivity contribution in [2.24, 2.45) is 5.73 Å². The summed E-state index contributed by atoms with van der Waals surface area (Å²) in [6.45, 7) is 2.61. The van der Waals surface area contributed by atoms with Crippen molar-refractivity contribution in [3.63, 3.8) is 0 Å². The van der Waals surface area contributed by atoms with Crippen LogP contribution in [0.15, 0.2) is 6.33 Å². The van der Waals surface area contributed by atoms with Crippen LogP contribution < -0.4 is 11.1 Å². The molecule has 1 aromatic heterocycles. The van der Waals surface area contributed by atoms with Gasteiger partial charge in [-0.05, 0) is 6.92 Å². The van der Waals surface area contributed by atoms with Crippen LogP contribution >= 0.6 is 0 Å². The molecule has 5 heteroatoms. The largest absolute Gasteiger partial charge is 0.371 e. The van der Waals surface area contributed by atoms with Crippen LogP contribution in [0.5, 0.6) is 0 Å². The van der Waals surface area contributed by atoms with Crippen molar-refractivity contribution in [2.75, 3.05) is 12.4 Å². The number of nitrogens with one attached hydrogen (secondary N) is 1. The molecule has 0 aliphatic heterocycles. The van der Waals surface area contributed by atoms with E-state index in [9.17, 15) is 4.79 Å². The number of nitrogens with two attached hydrogens (primary N) is 1. The maximum absolute atomic E-state index is 10.9. The summed E-state index contributed by atoms with van der Waals surface area (Å²) in [5.74, 6) is 0.0723. The van der Waals surface area contributed by atoms with Crippen LogP contribution in [0, 0.1) is 0 Å². The molecule has 0 aromatic carbocycles. The second kappa shape index (κ2) is 3.25. The highest BCUT2D eigenvalue weighted by atomic mass is 16.1.